The van der Waals surface area contributed by atoms with E-state index < -0.39 is 0 Å². The van der Waals surface area contributed by atoms with E-state index in [4.69, 9.17) is 16.3 Å². The zero-order chi connectivity index (χ0) is 10.7. The van der Waals surface area contributed by atoms with Gasteiger partial charge >= 0.3 is 0 Å². The molecule has 0 saturated heterocycles. The van der Waals surface area contributed by atoms with Gasteiger partial charge in [0.1, 0.15) is 5.75 Å². The minimum absolute atomic E-state index is 0.464. The SMILES string of the molecule is Cc1cc(OCCC2CC2)c(CCl)cn1. The molecule has 1 aliphatic carbocycles. The van der Waals surface area contributed by atoms with Crippen molar-refractivity contribution >= 4 is 11.6 Å². The number of aromatic nitrogens is 1. The molecule has 0 aromatic carbocycles. The summed E-state index contributed by atoms with van der Waals surface area (Å²) in [5.41, 5.74) is 1.96. The number of rotatable bonds is 5. The highest BCUT2D eigenvalue weighted by atomic mass is 35.5. The molecule has 0 bridgehead atoms. The lowest BCUT2D eigenvalue weighted by Gasteiger charge is -2.09. The number of aryl methyl sites for hydroxylation is 1. The normalized spacial score (nSPS) is 15.3. The van der Waals surface area contributed by atoms with Crippen molar-refractivity contribution in [3.05, 3.63) is 23.5 Å². The molecular weight excluding hydrogens is 210 g/mol. The molecule has 1 aromatic heterocycles. The summed E-state index contributed by atoms with van der Waals surface area (Å²) >= 11 is 5.82. The molecule has 0 N–H and O–H groups in total. The molecule has 1 aliphatic rings. The highest BCUT2D eigenvalue weighted by molar-refractivity contribution is 6.17. The average molecular weight is 226 g/mol. The molecule has 0 unspecified atom stereocenters. The van der Waals surface area contributed by atoms with Gasteiger partial charge in [-0.1, -0.05) is 12.8 Å². The third kappa shape index (κ3) is 3.10. The van der Waals surface area contributed by atoms with Gasteiger partial charge in [-0.05, 0) is 19.3 Å². The van der Waals surface area contributed by atoms with Crippen LogP contribution in [0.25, 0.3) is 0 Å². The van der Waals surface area contributed by atoms with E-state index in [9.17, 15) is 0 Å². The van der Waals surface area contributed by atoms with Crippen LogP contribution in [0.15, 0.2) is 12.3 Å². The third-order valence-electron chi connectivity index (χ3n) is 2.71. The maximum absolute atomic E-state index is 5.82. The van der Waals surface area contributed by atoms with Gasteiger partial charge in [0.25, 0.3) is 0 Å². The first-order valence-corrected chi connectivity index (χ1v) is 5.97. The molecule has 0 spiro atoms. The van der Waals surface area contributed by atoms with E-state index in [2.05, 4.69) is 4.98 Å². The van der Waals surface area contributed by atoms with E-state index in [0.717, 1.165) is 29.5 Å². The molecule has 1 heterocycles. The fraction of sp³-hybridized carbons (Fsp3) is 0.583. The maximum Gasteiger partial charge on any atom is 0.127 e. The van der Waals surface area contributed by atoms with Gasteiger partial charge in [-0.2, -0.15) is 0 Å². The summed E-state index contributed by atoms with van der Waals surface area (Å²) in [7, 11) is 0. The molecule has 2 nitrogen and oxygen atoms in total. The fourth-order valence-corrected chi connectivity index (χ4v) is 1.74. The summed E-state index contributed by atoms with van der Waals surface area (Å²) in [6, 6.07) is 1.96. The molecule has 0 aliphatic heterocycles. The highest BCUT2D eigenvalue weighted by Gasteiger charge is 2.20. The van der Waals surface area contributed by atoms with Crippen molar-refractivity contribution < 1.29 is 4.74 Å². The van der Waals surface area contributed by atoms with Crippen molar-refractivity contribution in [3.8, 4) is 5.75 Å². The largest absolute Gasteiger partial charge is 0.493 e. The van der Waals surface area contributed by atoms with Gasteiger partial charge in [-0.25, -0.2) is 0 Å². The average Bonchev–Trinajstić information content (AvgIpc) is 3.02. The van der Waals surface area contributed by atoms with Crippen molar-refractivity contribution in [2.24, 2.45) is 5.92 Å². The second-order valence-electron chi connectivity index (χ2n) is 4.15. The van der Waals surface area contributed by atoms with Crippen LogP contribution in [-0.2, 0) is 5.88 Å². The van der Waals surface area contributed by atoms with Crippen LogP contribution in [0.5, 0.6) is 5.75 Å². The van der Waals surface area contributed by atoms with Crippen LogP contribution in [0, 0.1) is 12.8 Å². The van der Waals surface area contributed by atoms with Gasteiger partial charge < -0.3 is 4.74 Å². The van der Waals surface area contributed by atoms with Gasteiger partial charge in [-0.15, -0.1) is 11.6 Å². The van der Waals surface area contributed by atoms with E-state index in [1.54, 1.807) is 6.20 Å². The Hall–Kier alpha value is -0.760. The second-order valence-corrected chi connectivity index (χ2v) is 4.41. The number of hydrogen-bond donors (Lipinski definition) is 0. The van der Waals surface area contributed by atoms with Crippen molar-refractivity contribution in [3.63, 3.8) is 0 Å². The van der Waals surface area contributed by atoms with E-state index >= 15 is 0 Å². The maximum atomic E-state index is 5.82. The fourth-order valence-electron chi connectivity index (χ4n) is 1.54. The molecule has 0 amide bonds. The predicted molar refractivity (Wildman–Crippen MR) is 61.4 cm³/mol. The van der Waals surface area contributed by atoms with Gasteiger partial charge in [0.15, 0.2) is 0 Å². The lowest BCUT2D eigenvalue weighted by atomic mass is 10.2. The Labute approximate surface area is 95.6 Å². The standard InChI is InChI=1S/C12H16ClNO/c1-9-6-12(11(7-13)8-14-9)15-5-4-10-2-3-10/h6,8,10H,2-5,7H2,1H3. The summed E-state index contributed by atoms with van der Waals surface area (Å²) in [5, 5.41) is 0. The first kappa shape index (κ1) is 10.7. The first-order chi connectivity index (χ1) is 7.29. The predicted octanol–water partition coefficient (Wildman–Crippen LogP) is 3.31. The van der Waals surface area contributed by atoms with Crippen molar-refractivity contribution in [2.45, 2.75) is 32.1 Å². The number of ether oxygens (including phenoxy) is 1. The smallest absolute Gasteiger partial charge is 0.127 e. The Morgan fingerprint density at radius 3 is 3.00 bits per heavy atom. The topological polar surface area (TPSA) is 22.1 Å². The molecule has 0 radical (unpaired) electrons. The second kappa shape index (κ2) is 4.84. The van der Waals surface area contributed by atoms with Crippen LogP contribution < -0.4 is 4.74 Å². The van der Waals surface area contributed by atoms with Gasteiger partial charge in [-0.3, -0.25) is 4.98 Å². The van der Waals surface area contributed by atoms with Crippen molar-refractivity contribution in [1.29, 1.82) is 0 Å². The van der Waals surface area contributed by atoms with Crippen LogP contribution in [0.4, 0.5) is 0 Å². The molecule has 0 atom stereocenters. The van der Waals surface area contributed by atoms with Crippen LogP contribution in [0.2, 0.25) is 0 Å². The van der Waals surface area contributed by atoms with Crippen LogP contribution in [-0.4, -0.2) is 11.6 Å². The lowest BCUT2D eigenvalue weighted by molar-refractivity contribution is 0.299. The van der Waals surface area contributed by atoms with Gasteiger partial charge in [0, 0.05) is 23.5 Å². The van der Waals surface area contributed by atoms with E-state index in [0.29, 0.717) is 5.88 Å². The van der Waals surface area contributed by atoms with E-state index in [1.807, 2.05) is 13.0 Å². The minimum atomic E-state index is 0.464. The summed E-state index contributed by atoms with van der Waals surface area (Å²) in [4.78, 5) is 4.20. The molecule has 15 heavy (non-hydrogen) atoms. The number of pyridine rings is 1. The molecule has 3 heteroatoms. The van der Waals surface area contributed by atoms with E-state index in [-0.39, 0.29) is 0 Å². The molecule has 82 valence electrons. The zero-order valence-electron chi connectivity index (χ0n) is 9.00. The monoisotopic (exact) mass is 225 g/mol. The third-order valence-corrected chi connectivity index (χ3v) is 2.99. The number of nitrogens with zero attached hydrogens (tertiary/aromatic N) is 1. The Balaban J connectivity index is 1.94. The van der Waals surface area contributed by atoms with Crippen LogP contribution in [0.3, 0.4) is 0 Å². The minimum Gasteiger partial charge on any atom is -0.493 e. The summed E-state index contributed by atoms with van der Waals surface area (Å²) in [5.74, 6) is 2.28. The molecule has 2 rings (SSSR count). The first-order valence-electron chi connectivity index (χ1n) is 5.44. The van der Waals surface area contributed by atoms with Crippen molar-refractivity contribution in [1.82, 2.24) is 4.98 Å². The van der Waals surface area contributed by atoms with Gasteiger partial charge in [0.05, 0.1) is 12.5 Å². The number of halogens is 1. The Kier molecular flexibility index (Phi) is 3.47. The van der Waals surface area contributed by atoms with Crippen LogP contribution >= 0.6 is 11.6 Å². The van der Waals surface area contributed by atoms with Crippen molar-refractivity contribution in [2.75, 3.05) is 6.61 Å². The van der Waals surface area contributed by atoms with Gasteiger partial charge in [0.2, 0.25) is 0 Å². The quantitative estimate of drug-likeness (QED) is 0.718. The molecule has 1 fully saturated rings. The molecular formula is C12H16ClNO. The number of alkyl halides is 1. The van der Waals surface area contributed by atoms with Crippen LogP contribution in [0.1, 0.15) is 30.5 Å². The van der Waals surface area contributed by atoms with E-state index in [1.165, 1.54) is 19.3 Å². The Morgan fingerprint density at radius 2 is 2.33 bits per heavy atom. The summed E-state index contributed by atoms with van der Waals surface area (Å²) in [6.45, 7) is 2.77. The number of hydrogen-bond acceptors (Lipinski definition) is 2. The Morgan fingerprint density at radius 1 is 1.53 bits per heavy atom. The summed E-state index contributed by atoms with van der Waals surface area (Å²) < 4.78 is 5.74. The summed E-state index contributed by atoms with van der Waals surface area (Å²) in [6.07, 6.45) is 5.72. The lowest BCUT2D eigenvalue weighted by Crippen LogP contribution is -2.01. The zero-order valence-corrected chi connectivity index (χ0v) is 9.76. The molecule has 1 aromatic rings. The highest BCUT2D eigenvalue weighted by Crippen LogP contribution is 2.32. The Bertz CT molecular complexity index is 336. The molecule has 1 saturated carbocycles.